The van der Waals surface area contributed by atoms with E-state index < -0.39 is 54.5 Å². The summed E-state index contributed by atoms with van der Waals surface area (Å²) in [6.07, 6.45) is -2.53. The molecule has 1 N–H and O–H groups in total. The Morgan fingerprint density at radius 3 is 2.04 bits per heavy atom. The maximum absolute atomic E-state index is 11.7. The van der Waals surface area contributed by atoms with Crippen molar-refractivity contribution in [2.45, 2.75) is 78.1 Å². The van der Waals surface area contributed by atoms with E-state index in [1.54, 1.807) is 0 Å². The Kier molecular flexibility index (Phi) is 9.88. The third-order valence-corrected chi connectivity index (χ3v) is 3.85. The highest BCUT2D eigenvalue weighted by Gasteiger charge is 2.51. The van der Waals surface area contributed by atoms with Crippen molar-refractivity contribution in [2.75, 3.05) is 13.2 Å². The van der Waals surface area contributed by atoms with Gasteiger partial charge < -0.3 is 29.0 Å². The summed E-state index contributed by atoms with van der Waals surface area (Å²) in [5.41, 5.74) is 0. The minimum atomic E-state index is -1.11. The van der Waals surface area contributed by atoms with Crippen molar-refractivity contribution in [3.8, 4) is 0 Å². The van der Waals surface area contributed by atoms with Gasteiger partial charge >= 0.3 is 17.9 Å². The molecule has 10 heteroatoms. The topological polar surface area (TPSA) is 126 Å². The first-order valence-electron chi connectivity index (χ1n) is 9.17. The van der Waals surface area contributed by atoms with E-state index in [4.69, 9.17) is 23.7 Å². The first kappa shape index (κ1) is 23.8. The van der Waals surface area contributed by atoms with Crippen LogP contribution in [0, 0.1) is 0 Å². The average Bonchev–Trinajstić information content (AvgIpc) is 2.57. The van der Waals surface area contributed by atoms with Gasteiger partial charge in [-0.1, -0.05) is 13.3 Å². The number of rotatable bonds is 9. The van der Waals surface area contributed by atoms with Crippen molar-refractivity contribution in [2.24, 2.45) is 0 Å². The van der Waals surface area contributed by atoms with Gasteiger partial charge in [-0.05, 0) is 6.42 Å². The molecule has 0 spiro atoms. The number of hydrogen-bond donors (Lipinski definition) is 1. The number of amides is 1. The van der Waals surface area contributed by atoms with Crippen LogP contribution in [0.3, 0.4) is 0 Å². The van der Waals surface area contributed by atoms with Crippen LogP contribution in [0.4, 0.5) is 0 Å². The van der Waals surface area contributed by atoms with E-state index in [1.165, 1.54) is 27.7 Å². The van der Waals surface area contributed by atoms with Crippen LogP contribution in [0.5, 0.6) is 0 Å². The Hall–Kier alpha value is -2.20. The Balaban J connectivity index is 3.21. The number of carbonyl (C=O) groups excluding carboxylic acids is 4. The summed E-state index contributed by atoms with van der Waals surface area (Å²) in [5, 5.41) is 2.64. The van der Waals surface area contributed by atoms with Crippen molar-refractivity contribution >= 4 is 23.8 Å². The van der Waals surface area contributed by atoms with Crippen molar-refractivity contribution in [3.63, 3.8) is 0 Å². The molecule has 1 rings (SSSR count). The lowest BCUT2D eigenvalue weighted by Crippen LogP contribution is -2.66. The second-order valence-corrected chi connectivity index (χ2v) is 6.44. The molecule has 0 saturated carbocycles. The van der Waals surface area contributed by atoms with Crippen LogP contribution in [0.1, 0.15) is 47.5 Å². The second kappa shape index (κ2) is 11.6. The zero-order chi connectivity index (χ0) is 21.3. The fourth-order valence-corrected chi connectivity index (χ4v) is 2.78. The Labute approximate surface area is 164 Å². The summed E-state index contributed by atoms with van der Waals surface area (Å²) in [4.78, 5) is 46.2. The highest BCUT2D eigenvalue weighted by Crippen LogP contribution is 2.28. The molecule has 0 aliphatic carbocycles. The van der Waals surface area contributed by atoms with Crippen LogP contribution < -0.4 is 5.32 Å². The molecule has 0 radical (unpaired) electrons. The van der Waals surface area contributed by atoms with Gasteiger partial charge in [-0.2, -0.15) is 0 Å². The van der Waals surface area contributed by atoms with E-state index in [-0.39, 0.29) is 6.61 Å². The molecular weight excluding hydrogens is 374 g/mol. The summed E-state index contributed by atoms with van der Waals surface area (Å²) in [5.74, 6) is -2.25. The van der Waals surface area contributed by atoms with Crippen LogP contribution >= 0.6 is 0 Å². The zero-order valence-electron chi connectivity index (χ0n) is 16.9. The Morgan fingerprint density at radius 2 is 1.54 bits per heavy atom. The van der Waals surface area contributed by atoms with Crippen LogP contribution in [0.2, 0.25) is 0 Å². The number of esters is 3. The van der Waals surface area contributed by atoms with Gasteiger partial charge in [0.2, 0.25) is 5.91 Å². The third kappa shape index (κ3) is 7.81. The Bertz CT molecular complexity index is 565. The normalized spacial score (nSPS) is 26.8. The molecule has 0 aromatic heterocycles. The SMILES string of the molecule is CCCCO[C@@H]1O[C@H](COC(C)=O)[C@H](OC(C)=O)[C@@H](OC(C)=O)[C@H]1NC(C)=O. The summed E-state index contributed by atoms with van der Waals surface area (Å²) in [6.45, 7) is 6.97. The second-order valence-electron chi connectivity index (χ2n) is 6.44. The smallest absolute Gasteiger partial charge is 0.303 e. The molecular formula is C18H29NO9. The van der Waals surface area contributed by atoms with E-state index in [0.29, 0.717) is 6.61 Å². The lowest BCUT2D eigenvalue weighted by molar-refractivity contribution is -0.277. The van der Waals surface area contributed by atoms with Gasteiger partial charge in [0.05, 0.1) is 0 Å². The van der Waals surface area contributed by atoms with E-state index in [0.717, 1.165) is 12.8 Å². The quantitative estimate of drug-likeness (QED) is 0.332. The summed E-state index contributed by atoms with van der Waals surface area (Å²) < 4.78 is 27.2. The molecule has 0 aromatic carbocycles. The minimum Gasteiger partial charge on any atom is -0.463 e. The molecule has 1 fully saturated rings. The monoisotopic (exact) mass is 403 g/mol. The van der Waals surface area contributed by atoms with Gasteiger partial charge in [0.1, 0.15) is 18.8 Å². The number of hydrogen-bond acceptors (Lipinski definition) is 9. The van der Waals surface area contributed by atoms with Crippen molar-refractivity contribution < 1.29 is 42.9 Å². The average molecular weight is 403 g/mol. The van der Waals surface area contributed by atoms with Crippen LogP contribution in [0.15, 0.2) is 0 Å². The van der Waals surface area contributed by atoms with Gasteiger partial charge in [-0.25, -0.2) is 0 Å². The number of unbranched alkanes of at least 4 members (excludes halogenated alkanes) is 1. The number of carbonyl (C=O) groups is 4. The van der Waals surface area contributed by atoms with E-state index in [2.05, 4.69) is 5.32 Å². The van der Waals surface area contributed by atoms with Gasteiger partial charge in [0.15, 0.2) is 18.5 Å². The molecule has 0 bridgehead atoms. The van der Waals surface area contributed by atoms with Gasteiger partial charge in [0, 0.05) is 34.3 Å². The molecule has 0 aromatic rings. The Morgan fingerprint density at radius 1 is 0.929 bits per heavy atom. The number of ether oxygens (including phenoxy) is 5. The van der Waals surface area contributed by atoms with E-state index in [1.807, 2.05) is 6.92 Å². The van der Waals surface area contributed by atoms with Crippen molar-refractivity contribution in [1.29, 1.82) is 0 Å². The predicted octanol–water partition coefficient (Wildman–Crippen LogP) is 0.459. The maximum Gasteiger partial charge on any atom is 0.303 e. The molecule has 1 amide bonds. The zero-order valence-corrected chi connectivity index (χ0v) is 16.9. The van der Waals surface area contributed by atoms with Gasteiger partial charge in [0.25, 0.3) is 0 Å². The molecule has 28 heavy (non-hydrogen) atoms. The fraction of sp³-hybridized carbons (Fsp3) is 0.778. The highest BCUT2D eigenvalue weighted by molar-refractivity contribution is 5.73. The lowest BCUT2D eigenvalue weighted by Gasteiger charge is -2.44. The van der Waals surface area contributed by atoms with Crippen LogP contribution in [0.25, 0.3) is 0 Å². The molecule has 1 saturated heterocycles. The molecule has 5 atom stereocenters. The lowest BCUT2D eigenvalue weighted by atomic mass is 9.96. The standard InChI is InChI=1S/C18H29NO9/c1-6-7-8-24-18-15(19-10(2)20)17(27-13(5)23)16(26-12(4)22)14(28-18)9-25-11(3)21/h14-18H,6-9H2,1-5H3,(H,19,20)/t14-,15-,16+,17+,18-/m1/s1. The van der Waals surface area contributed by atoms with Gasteiger partial charge in [-0.3, -0.25) is 19.2 Å². The van der Waals surface area contributed by atoms with Crippen LogP contribution in [-0.2, 0) is 42.9 Å². The summed E-state index contributed by atoms with van der Waals surface area (Å²) >= 11 is 0. The van der Waals surface area contributed by atoms with E-state index >= 15 is 0 Å². The third-order valence-electron chi connectivity index (χ3n) is 3.85. The molecule has 1 aliphatic rings. The first-order chi connectivity index (χ1) is 13.1. The van der Waals surface area contributed by atoms with Crippen LogP contribution in [-0.4, -0.2) is 67.7 Å². The largest absolute Gasteiger partial charge is 0.463 e. The summed E-state index contributed by atoms with van der Waals surface area (Å²) in [6, 6.07) is -0.920. The highest BCUT2D eigenvalue weighted by atomic mass is 16.7. The van der Waals surface area contributed by atoms with E-state index in [9.17, 15) is 19.2 Å². The molecule has 10 nitrogen and oxygen atoms in total. The van der Waals surface area contributed by atoms with Gasteiger partial charge in [-0.15, -0.1) is 0 Å². The fourth-order valence-electron chi connectivity index (χ4n) is 2.78. The maximum atomic E-state index is 11.7. The molecule has 1 heterocycles. The predicted molar refractivity (Wildman–Crippen MR) is 94.9 cm³/mol. The molecule has 0 unspecified atom stereocenters. The first-order valence-corrected chi connectivity index (χ1v) is 9.17. The molecule has 160 valence electrons. The number of nitrogens with one attached hydrogen (secondary N) is 1. The summed E-state index contributed by atoms with van der Waals surface area (Å²) in [7, 11) is 0. The van der Waals surface area contributed by atoms with Crippen molar-refractivity contribution in [1.82, 2.24) is 5.32 Å². The minimum absolute atomic E-state index is 0.245. The molecule has 1 aliphatic heterocycles. The van der Waals surface area contributed by atoms with Crippen molar-refractivity contribution in [3.05, 3.63) is 0 Å².